The summed E-state index contributed by atoms with van der Waals surface area (Å²) in [4.78, 5) is 11.8. The molecule has 0 spiro atoms. The highest BCUT2D eigenvalue weighted by Crippen LogP contribution is 2.42. The first-order chi connectivity index (χ1) is 7.28. The van der Waals surface area contributed by atoms with Crippen LogP contribution in [0.2, 0.25) is 16.6 Å². The van der Waals surface area contributed by atoms with Crippen LogP contribution in [0.5, 0.6) is 0 Å². The fraction of sp³-hybridized carbons (Fsp3) is 0.923. The highest BCUT2D eigenvalue weighted by Gasteiger charge is 2.47. The van der Waals surface area contributed by atoms with Crippen molar-refractivity contribution in [1.82, 2.24) is 0 Å². The SMILES string of the molecule is CCCC(=O)O[Si](C(C)C)(C(C)C)C(C)C. The quantitative estimate of drug-likeness (QED) is 0.643. The van der Waals surface area contributed by atoms with Crippen LogP contribution in [0.4, 0.5) is 0 Å². The Bertz CT molecular complexity index is 200. The maximum Gasteiger partial charge on any atom is 0.292 e. The Labute approximate surface area is 102 Å². The molecule has 0 heterocycles. The highest BCUT2D eigenvalue weighted by atomic mass is 28.4. The molecule has 0 unspecified atom stereocenters. The van der Waals surface area contributed by atoms with Crippen LogP contribution in [0.1, 0.15) is 61.3 Å². The summed E-state index contributed by atoms with van der Waals surface area (Å²) < 4.78 is 5.96. The van der Waals surface area contributed by atoms with Crippen molar-refractivity contribution in [2.45, 2.75) is 77.9 Å². The van der Waals surface area contributed by atoms with Gasteiger partial charge < -0.3 is 4.43 Å². The zero-order valence-electron chi connectivity index (χ0n) is 12.0. The largest absolute Gasteiger partial charge is 0.518 e. The maximum absolute atomic E-state index is 11.8. The summed E-state index contributed by atoms with van der Waals surface area (Å²) in [6.45, 7) is 15.2. The molecule has 0 atom stereocenters. The standard InChI is InChI=1S/C13H28O2Si/c1-8-9-13(14)15-16(10(2)3,11(4)5)12(6)7/h10-12H,8-9H2,1-7H3. The fourth-order valence-corrected chi connectivity index (χ4v) is 8.01. The van der Waals surface area contributed by atoms with E-state index in [1.165, 1.54) is 0 Å². The van der Waals surface area contributed by atoms with Crippen molar-refractivity contribution in [2.75, 3.05) is 0 Å². The van der Waals surface area contributed by atoms with Crippen LogP contribution in [0.3, 0.4) is 0 Å². The first-order valence-corrected chi connectivity index (χ1v) is 8.64. The van der Waals surface area contributed by atoms with Crippen LogP contribution >= 0.6 is 0 Å². The van der Waals surface area contributed by atoms with E-state index < -0.39 is 8.32 Å². The summed E-state index contributed by atoms with van der Waals surface area (Å²) in [5.41, 5.74) is 1.44. The van der Waals surface area contributed by atoms with Gasteiger partial charge in [-0.1, -0.05) is 48.5 Å². The van der Waals surface area contributed by atoms with Crippen molar-refractivity contribution in [1.29, 1.82) is 0 Å². The van der Waals surface area contributed by atoms with E-state index >= 15 is 0 Å². The molecule has 0 rings (SSSR count). The van der Waals surface area contributed by atoms with E-state index in [1.807, 2.05) is 6.92 Å². The molecule has 0 bridgehead atoms. The zero-order chi connectivity index (χ0) is 12.9. The molecule has 0 aromatic rings. The second-order valence-electron chi connectivity index (χ2n) is 5.54. The molecule has 0 aromatic carbocycles. The molecule has 0 fully saturated rings. The smallest absolute Gasteiger partial charge is 0.292 e. The summed E-state index contributed by atoms with van der Waals surface area (Å²) in [7, 11) is -1.98. The maximum atomic E-state index is 11.8. The van der Waals surface area contributed by atoms with Crippen LogP contribution in [-0.2, 0) is 9.22 Å². The van der Waals surface area contributed by atoms with Crippen molar-refractivity contribution < 1.29 is 9.22 Å². The van der Waals surface area contributed by atoms with Crippen molar-refractivity contribution >= 4 is 14.3 Å². The van der Waals surface area contributed by atoms with E-state index in [9.17, 15) is 4.79 Å². The molecule has 96 valence electrons. The lowest BCUT2D eigenvalue weighted by Gasteiger charge is -2.41. The van der Waals surface area contributed by atoms with Gasteiger partial charge in [-0.2, -0.15) is 0 Å². The van der Waals surface area contributed by atoms with Gasteiger partial charge in [0.1, 0.15) is 0 Å². The predicted molar refractivity (Wildman–Crippen MR) is 72.0 cm³/mol. The normalized spacial score (nSPS) is 12.6. The van der Waals surface area contributed by atoms with Crippen LogP contribution in [-0.4, -0.2) is 14.3 Å². The number of hydrogen-bond donors (Lipinski definition) is 0. The molecule has 0 aliphatic rings. The van der Waals surface area contributed by atoms with E-state index in [4.69, 9.17) is 4.43 Å². The minimum absolute atomic E-state index is 0.00488. The van der Waals surface area contributed by atoms with Gasteiger partial charge in [0, 0.05) is 6.42 Å². The Hall–Kier alpha value is -0.313. The first-order valence-electron chi connectivity index (χ1n) is 6.50. The van der Waals surface area contributed by atoms with Gasteiger partial charge in [0.25, 0.3) is 14.3 Å². The van der Waals surface area contributed by atoms with Gasteiger partial charge in [0.2, 0.25) is 0 Å². The third kappa shape index (κ3) is 3.34. The number of hydrogen-bond acceptors (Lipinski definition) is 2. The van der Waals surface area contributed by atoms with E-state index in [0.29, 0.717) is 23.0 Å². The minimum Gasteiger partial charge on any atom is -0.518 e. The van der Waals surface area contributed by atoms with Crippen LogP contribution in [0.25, 0.3) is 0 Å². The highest BCUT2D eigenvalue weighted by molar-refractivity contribution is 6.78. The van der Waals surface area contributed by atoms with E-state index in [2.05, 4.69) is 41.5 Å². The third-order valence-corrected chi connectivity index (χ3v) is 9.45. The van der Waals surface area contributed by atoms with Crippen LogP contribution in [0, 0.1) is 0 Å². The summed E-state index contributed by atoms with van der Waals surface area (Å²) >= 11 is 0. The summed E-state index contributed by atoms with van der Waals surface area (Å²) in [6, 6.07) is 0. The van der Waals surface area contributed by atoms with Crippen molar-refractivity contribution in [2.24, 2.45) is 0 Å². The minimum atomic E-state index is -1.98. The Morgan fingerprint density at radius 2 is 1.38 bits per heavy atom. The fourth-order valence-electron chi connectivity index (χ4n) is 2.81. The van der Waals surface area contributed by atoms with Gasteiger partial charge in [0.05, 0.1) is 0 Å². The van der Waals surface area contributed by atoms with Gasteiger partial charge in [-0.3, -0.25) is 4.79 Å². The van der Waals surface area contributed by atoms with E-state index in [0.717, 1.165) is 6.42 Å². The molecule has 16 heavy (non-hydrogen) atoms. The average molecular weight is 244 g/mol. The molecule has 0 saturated heterocycles. The predicted octanol–water partition coefficient (Wildman–Crippen LogP) is 4.51. The molecule has 0 amide bonds. The van der Waals surface area contributed by atoms with Gasteiger partial charge >= 0.3 is 0 Å². The Morgan fingerprint density at radius 3 is 1.62 bits per heavy atom. The Morgan fingerprint density at radius 1 is 1.00 bits per heavy atom. The second-order valence-corrected chi connectivity index (χ2v) is 10.9. The van der Waals surface area contributed by atoms with Gasteiger partial charge in [-0.05, 0) is 23.0 Å². The lowest BCUT2D eigenvalue weighted by molar-refractivity contribution is -0.135. The number of carbonyl (C=O) groups is 1. The molecule has 0 N–H and O–H groups in total. The van der Waals surface area contributed by atoms with Crippen molar-refractivity contribution in [3.8, 4) is 0 Å². The molecule has 2 nitrogen and oxygen atoms in total. The molecule has 3 heteroatoms. The van der Waals surface area contributed by atoms with Crippen molar-refractivity contribution in [3.63, 3.8) is 0 Å². The lowest BCUT2D eigenvalue weighted by Crippen LogP contribution is -2.49. The van der Waals surface area contributed by atoms with Gasteiger partial charge in [0.15, 0.2) is 0 Å². The summed E-state index contributed by atoms with van der Waals surface area (Å²) in [5, 5.41) is 0. The summed E-state index contributed by atoms with van der Waals surface area (Å²) in [6.07, 6.45) is 1.43. The molecule has 0 saturated carbocycles. The average Bonchev–Trinajstić information content (AvgIpc) is 2.12. The van der Waals surface area contributed by atoms with Crippen LogP contribution in [0.15, 0.2) is 0 Å². The topological polar surface area (TPSA) is 26.3 Å². The molecular weight excluding hydrogens is 216 g/mol. The Kier molecular flexibility index (Phi) is 6.30. The number of carbonyl (C=O) groups excluding carboxylic acids is 1. The summed E-state index contributed by atoms with van der Waals surface area (Å²) in [5.74, 6) is 0.00488. The first kappa shape index (κ1) is 15.7. The van der Waals surface area contributed by atoms with Crippen LogP contribution < -0.4 is 0 Å². The zero-order valence-corrected chi connectivity index (χ0v) is 13.0. The van der Waals surface area contributed by atoms with Crippen molar-refractivity contribution in [3.05, 3.63) is 0 Å². The van der Waals surface area contributed by atoms with E-state index in [1.54, 1.807) is 0 Å². The van der Waals surface area contributed by atoms with Gasteiger partial charge in [-0.15, -0.1) is 0 Å². The van der Waals surface area contributed by atoms with E-state index in [-0.39, 0.29) is 5.97 Å². The molecule has 0 radical (unpaired) electrons. The molecular formula is C13H28O2Si. The number of rotatable bonds is 6. The second kappa shape index (κ2) is 6.43. The monoisotopic (exact) mass is 244 g/mol. The Balaban J connectivity index is 4.98. The molecule has 0 aliphatic carbocycles. The molecule has 0 aliphatic heterocycles. The lowest BCUT2D eigenvalue weighted by atomic mass is 10.4. The molecule has 0 aromatic heterocycles. The van der Waals surface area contributed by atoms with Gasteiger partial charge in [-0.25, -0.2) is 0 Å². The third-order valence-electron chi connectivity index (χ3n) is 3.45.